The van der Waals surface area contributed by atoms with E-state index < -0.39 is 0 Å². The van der Waals surface area contributed by atoms with E-state index in [-0.39, 0.29) is 5.78 Å². The molecule has 0 saturated carbocycles. The van der Waals surface area contributed by atoms with Crippen molar-refractivity contribution in [2.45, 2.75) is 13.5 Å². The first-order valence-corrected chi connectivity index (χ1v) is 13.9. The van der Waals surface area contributed by atoms with Gasteiger partial charge in [-0.25, -0.2) is 0 Å². The lowest BCUT2D eigenvalue weighted by atomic mass is 9.99. The second kappa shape index (κ2) is 14.9. The number of hydrogen-bond acceptors (Lipinski definition) is 5. The molecule has 1 N–H and O–H groups in total. The van der Waals surface area contributed by atoms with Gasteiger partial charge >= 0.3 is 0 Å². The molecule has 3 aromatic rings. The molecule has 0 radical (unpaired) electrons. The molecule has 0 fully saturated rings. The third-order valence-corrected chi connectivity index (χ3v) is 6.42. The molecule has 0 aliphatic carbocycles. The maximum absolute atomic E-state index is 13.0. The lowest BCUT2D eigenvalue weighted by Gasteiger charge is -2.15. The average molecular weight is 673 g/mol. The quantitative estimate of drug-likeness (QED) is 0.0840. The second-order valence-electron chi connectivity index (χ2n) is 7.73. The molecule has 0 spiro atoms. The van der Waals surface area contributed by atoms with Gasteiger partial charge < -0.3 is 19.5 Å². The van der Waals surface area contributed by atoms with Crippen LogP contribution in [0.5, 0.6) is 0 Å². The standard InChI is InChI=1S/C27H28BrClINO4/c1-19-4-2-3-5-23(19)27(32)24-8-7-22(17-25(24)29)31-26-9-6-21(28)16-20(26)18-35-15-14-34-13-12-33-11-10-30/h2-9,16-17,31H,10-15,18H2,1H3. The number of aryl methyl sites for hydroxylation is 1. The van der Waals surface area contributed by atoms with Gasteiger partial charge in [-0.05, 0) is 48.9 Å². The first-order valence-electron chi connectivity index (χ1n) is 11.2. The minimum atomic E-state index is -0.0869. The molecular weight excluding hydrogens is 645 g/mol. The fraction of sp³-hybridized carbons (Fsp3) is 0.296. The van der Waals surface area contributed by atoms with Crippen molar-refractivity contribution < 1.29 is 19.0 Å². The van der Waals surface area contributed by atoms with Gasteiger partial charge in [0.2, 0.25) is 0 Å². The predicted molar refractivity (Wildman–Crippen MR) is 154 cm³/mol. The molecule has 186 valence electrons. The van der Waals surface area contributed by atoms with Gasteiger partial charge in [0, 0.05) is 37.0 Å². The van der Waals surface area contributed by atoms with Gasteiger partial charge in [0.15, 0.2) is 5.78 Å². The van der Waals surface area contributed by atoms with E-state index in [9.17, 15) is 4.79 Å². The summed E-state index contributed by atoms with van der Waals surface area (Å²) in [5.41, 5.74) is 4.72. The van der Waals surface area contributed by atoms with E-state index in [1.54, 1.807) is 12.1 Å². The van der Waals surface area contributed by atoms with Crippen LogP contribution in [-0.2, 0) is 20.8 Å². The molecule has 0 aliphatic rings. The molecule has 0 amide bonds. The number of anilines is 2. The molecule has 0 unspecified atom stereocenters. The predicted octanol–water partition coefficient (Wildman–Crippen LogP) is 7.37. The van der Waals surface area contributed by atoms with Gasteiger partial charge in [-0.3, -0.25) is 4.79 Å². The van der Waals surface area contributed by atoms with Crippen LogP contribution in [0.25, 0.3) is 0 Å². The zero-order valence-electron chi connectivity index (χ0n) is 19.5. The summed E-state index contributed by atoms with van der Waals surface area (Å²) < 4.78 is 18.7. The number of halogens is 3. The number of hydrogen-bond donors (Lipinski definition) is 1. The number of carbonyl (C=O) groups is 1. The SMILES string of the molecule is Cc1ccccc1C(=O)c1ccc(Nc2ccc(Br)cc2COCCOCCOCCI)cc1Cl. The summed E-state index contributed by atoms with van der Waals surface area (Å²) in [4.78, 5) is 13.0. The summed E-state index contributed by atoms with van der Waals surface area (Å²) in [7, 11) is 0. The number of rotatable bonds is 14. The molecule has 8 heteroatoms. The Hall–Kier alpha value is -1.49. The van der Waals surface area contributed by atoms with Gasteiger partial charge in [0.25, 0.3) is 0 Å². The van der Waals surface area contributed by atoms with Crippen LogP contribution in [0.2, 0.25) is 5.02 Å². The maximum atomic E-state index is 13.0. The largest absolute Gasteiger partial charge is 0.378 e. The summed E-state index contributed by atoms with van der Waals surface area (Å²) in [5.74, 6) is -0.0869. The van der Waals surface area contributed by atoms with E-state index in [0.29, 0.717) is 49.2 Å². The fourth-order valence-electron chi connectivity index (χ4n) is 3.39. The molecule has 3 aromatic carbocycles. The van der Waals surface area contributed by atoms with Crippen molar-refractivity contribution >= 4 is 67.3 Å². The Labute approximate surface area is 233 Å². The Morgan fingerprint density at radius 1 is 0.914 bits per heavy atom. The lowest BCUT2D eigenvalue weighted by Crippen LogP contribution is -2.10. The second-order valence-corrected chi connectivity index (χ2v) is 10.1. The highest BCUT2D eigenvalue weighted by atomic mass is 127. The first-order chi connectivity index (χ1) is 17.0. The summed E-state index contributed by atoms with van der Waals surface area (Å²) in [6, 6.07) is 18.8. The molecule has 0 atom stereocenters. The molecule has 0 aliphatic heterocycles. The molecule has 0 bridgehead atoms. The number of nitrogens with one attached hydrogen (secondary N) is 1. The summed E-state index contributed by atoms with van der Waals surface area (Å²) in [5, 5.41) is 3.79. The van der Waals surface area contributed by atoms with Gasteiger partial charge in [-0.15, -0.1) is 0 Å². The molecule has 35 heavy (non-hydrogen) atoms. The summed E-state index contributed by atoms with van der Waals surface area (Å²) in [6.45, 7) is 5.25. The van der Waals surface area contributed by atoms with Crippen molar-refractivity contribution in [1.82, 2.24) is 0 Å². The Morgan fingerprint density at radius 2 is 1.63 bits per heavy atom. The fourth-order valence-corrected chi connectivity index (χ4v) is 4.37. The van der Waals surface area contributed by atoms with Crippen molar-refractivity contribution in [1.29, 1.82) is 0 Å². The highest BCUT2D eigenvalue weighted by molar-refractivity contribution is 14.1. The molecule has 0 heterocycles. The molecule has 3 rings (SSSR count). The zero-order valence-corrected chi connectivity index (χ0v) is 24.0. The van der Waals surface area contributed by atoms with E-state index in [2.05, 4.69) is 43.8 Å². The third kappa shape index (κ3) is 8.84. The highest BCUT2D eigenvalue weighted by Gasteiger charge is 2.15. The van der Waals surface area contributed by atoms with Crippen LogP contribution in [0.4, 0.5) is 11.4 Å². The van der Waals surface area contributed by atoms with E-state index in [1.807, 2.05) is 55.5 Å². The maximum Gasteiger partial charge on any atom is 0.194 e. The van der Waals surface area contributed by atoms with Crippen LogP contribution < -0.4 is 5.32 Å². The number of ketones is 1. The smallest absolute Gasteiger partial charge is 0.194 e. The van der Waals surface area contributed by atoms with Gasteiger partial charge in [-0.2, -0.15) is 0 Å². The van der Waals surface area contributed by atoms with Crippen LogP contribution in [-0.4, -0.2) is 43.2 Å². The van der Waals surface area contributed by atoms with Crippen molar-refractivity contribution in [2.75, 3.05) is 42.8 Å². The summed E-state index contributed by atoms with van der Waals surface area (Å²) in [6.07, 6.45) is 0. The third-order valence-electron chi connectivity index (χ3n) is 5.17. The van der Waals surface area contributed by atoms with E-state index in [4.69, 9.17) is 25.8 Å². The molecule has 5 nitrogen and oxygen atoms in total. The van der Waals surface area contributed by atoms with Crippen LogP contribution >= 0.6 is 50.1 Å². The van der Waals surface area contributed by atoms with Crippen molar-refractivity contribution in [2.24, 2.45) is 0 Å². The normalized spacial score (nSPS) is 11.0. The summed E-state index contributed by atoms with van der Waals surface area (Å²) >= 11 is 12.3. The van der Waals surface area contributed by atoms with Crippen LogP contribution in [0.3, 0.4) is 0 Å². The van der Waals surface area contributed by atoms with E-state index >= 15 is 0 Å². The average Bonchev–Trinajstić information content (AvgIpc) is 2.84. The van der Waals surface area contributed by atoms with Crippen LogP contribution in [0, 0.1) is 6.92 Å². The number of benzene rings is 3. The Kier molecular flexibility index (Phi) is 12.0. The van der Waals surface area contributed by atoms with Gasteiger partial charge in [0.05, 0.1) is 44.7 Å². The van der Waals surface area contributed by atoms with E-state index in [1.165, 1.54) is 0 Å². The molecule has 0 saturated heterocycles. The molecule has 0 aromatic heterocycles. The van der Waals surface area contributed by atoms with Crippen molar-refractivity contribution in [3.05, 3.63) is 92.4 Å². The van der Waals surface area contributed by atoms with Crippen molar-refractivity contribution in [3.63, 3.8) is 0 Å². The Bertz CT molecular complexity index is 1130. The monoisotopic (exact) mass is 671 g/mol. The topological polar surface area (TPSA) is 56.8 Å². The number of alkyl halides is 1. The van der Waals surface area contributed by atoms with Crippen LogP contribution in [0.1, 0.15) is 27.0 Å². The minimum Gasteiger partial charge on any atom is -0.378 e. The van der Waals surface area contributed by atoms with E-state index in [0.717, 1.165) is 38.0 Å². The van der Waals surface area contributed by atoms with Gasteiger partial charge in [0.1, 0.15) is 0 Å². The molecular formula is C27H28BrClINO4. The Balaban J connectivity index is 1.59. The van der Waals surface area contributed by atoms with Crippen molar-refractivity contribution in [3.8, 4) is 0 Å². The minimum absolute atomic E-state index is 0.0869. The Morgan fingerprint density at radius 3 is 2.34 bits per heavy atom. The highest BCUT2D eigenvalue weighted by Crippen LogP contribution is 2.29. The van der Waals surface area contributed by atoms with Crippen LogP contribution in [0.15, 0.2) is 65.1 Å². The number of ether oxygens (including phenoxy) is 3. The number of carbonyl (C=O) groups excluding carboxylic acids is 1. The first kappa shape index (κ1) is 28.1. The lowest BCUT2D eigenvalue weighted by molar-refractivity contribution is 0.0136. The zero-order chi connectivity index (χ0) is 25.0. The van der Waals surface area contributed by atoms with Gasteiger partial charge in [-0.1, -0.05) is 74.4 Å².